The summed E-state index contributed by atoms with van der Waals surface area (Å²) in [6, 6.07) is 0. The van der Waals surface area contributed by atoms with Crippen LogP contribution in [0.1, 0.15) is 0 Å². The van der Waals surface area contributed by atoms with Gasteiger partial charge in [0.2, 0.25) is 0 Å². The first-order chi connectivity index (χ1) is 1.73. The molecule has 0 aliphatic heterocycles. The van der Waals surface area contributed by atoms with Crippen molar-refractivity contribution in [3.63, 3.8) is 0 Å². The summed E-state index contributed by atoms with van der Waals surface area (Å²) in [4.78, 5) is 8.56. The third kappa shape index (κ3) is 430. The van der Waals surface area contributed by atoms with Crippen LogP contribution in [0.15, 0.2) is 0 Å². The zero-order valence-corrected chi connectivity index (χ0v) is 1.80. The minimum atomic E-state index is -1.83. The number of carbonyl (C=O) groups is 1. The summed E-state index contributed by atoms with van der Waals surface area (Å²) in [6.07, 6.45) is -1.83. The van der Waals surface area contributed by atoms with E-state index in [2.05, 4.69) is 0 Å². The van der Waals surface area contributed by atoms with Gasteiger partial charge in [-0.3, -0.25) is 0 Å². The van der Waals surface area contributed by atoms with Gasteiger partial charge in [-0.25, -0.2) is 4.79 Å². The molecule has 0 aromatic rings. The van der Waals surface area contributed by atoms with Crippen LogP contribution < -0.4 is 0 Å². The van der Waals surface area contributed by atoms with E-state index in [9.17, 15) is 0 Å². The van der Waals surface area contributed by atoms with Gasteiger partial charge in [-0.15, -0.1) is 0 Å². The summed E-state index contributed by atoms with van der Waals surface area (Å²) >= 11 is 0. The molecule has 0 radical (unpaired) electrons. The summed E-state index contributed by atoms with van der Waals surface area (Å²) in [5.74, 6) is 0. The van der Waals surface area contributed by atoms with Crippen LogP contribution in [-0.2, 0) is 0 Å². The first-order valence-electron chi connectivity index (χ1n) is 0.651. The number of hydrogen-bond donors (Lipinski definition) is 2. The SMILES string of the molecule is B.O=C(O)O.[NaH]. The number of hydrogen-bond acceptors (Lipinski definition) is 1. The molecule has 0 aromatic carbocycles. The zero-order valence-electron chi connectivity index (χ0n) is 1.80. The van der Waals surface area contributed by atoms with Crippen molar-refractivity contribution in [2.24, 2.45) is 0 Å². The molecule has 0 saturated heterocycles. The van der Waals surface area contributed by atoms with E-state index in [0.717, 1.165) is 0 Å². The van der Waals surface area contributed by atoms with Crippen molar-refractivity contribution in [2.45, 2.75) is 0 Å². The van der Waals surface area contributed by atoms with Gasteiger partial charge in [-0.1, -0.05) is 0 Å². The Labute approximate surface area is 59.2 Å². The first-order valence-corrected chi connectivity index (χ1v) is 0.651. The Bertz CT molecular complexity index is 33.8. The minimum absolute atomic E-state index is 0. The van der Waals surface area contributed by atoms with Crippen molar-refractivity contribution in [1.29, 1.82) is 0 Å². The molecule has 6 heavy (non-hydrogen) atoms. The summed E-state index contributed by atoms with van der Waals surface area (Å²) in [5.41, 5.74) is 0. The van der Waals surface area contributed by atoms with E-state index >= 15 is 0 Å². The Morgan fingerprint density at radius 3 is 1.33 bits per heavy atom. The average Bonchev–Trinajstić information content (AvgIpc) is 0.811. The van der Waals surface area contributed by atoms with Gasteiger partial charge >= 0.3 is 35.7 Å². The molecule has 0 bridgehead atoms. The maximum absolute atomic E-state index is 8.56. The fourth-order valence-corrected chi connectivity index (χ4v) is 0. The molecule has 0 atom stereocenters. The Balaban J connectivity index is -0.0000000450. The van der Waals surface area contributed by atoms with E-state index in [-0.39, 0.29) is 38.0 Å². The standard InChI is InChI=1S/CH2O3.BH3.Na.H/c2-1(3)4;;;/h(H2,2,3,4);1H3;;. The van der Waals surface area contributed by atoms with Crippen molar-refractivity contribution in [3.05, 3.63) is 0 Å². The van der Waals surface area contributed by atoms with Gasteiger partial charge < -0.3 is 10.2 Å². The van der Waals surface area contributed by atoms with Gasteiger partial charge in [0.25, 0.3) is 0 Å². The van der Waals surface area contributed by atoms with Gasteiger partial charge in [-0.2, -0.15) is 0 Å². The predicted molar refractivity (Wildman–Crippen MR) is 27.7 cm³/mol. The first kappa shape index (κ1) is 16.2. The van der Waals surface area contributed by atoms with E-state index in [1.807, 2.05) is 0 Å². The van der Waals surface area contributed by atoms with Gasteiger partial charge in [0.05, 0.1) is 8.41 Å². The van der Waals surface area contributed by atoms with Gasteiger partial charge in [0, 0.05) is 0 Å². The summed E-state index contributed by atoms with van der Waals surface area (Å²) < 4.78 is 0. The Morgan fingerprint density at radius 1 is 1.33 bits per heavy atom. The molecule has 0 unspecified atom stereocenters. The Kier molecular flexibility index (Phi) is 24.4. The van der Waals surface area contributed by atoms with Crippen molar-refractivity contribution in [2.75, 3.05) is 0 Å². The van der Waals surface area contributed by atoms with Crippen molar-refractivity contribution >= 4 is 44.1 Å². The monoisotopic (exact) mass is 100 g/mol. The van der Waals surface area contributed by atoms with Crippen molar-refractivity contribution < 1.29 is 15.0 Å². The summed E-state index contributed by atoms with van der Waals surface area (Å²) in [6.45, 7) is 0. The number of rotatable bonds is 0. The fraction of sp³-hybridized carbons (Fsp3) is 0. The second-order valence-corrected chi connectivity index (χ2v) is 0.283. The van der Waals surface area contributed by atoms with Gasteiger partial charge in [0.1, 0.15) is 0 Å². The molecule has 3 nitrogen and oxygen atoms in total. The molecule has 0 aromatic heterocycles. The average molecular weight is 99.9 g/mol. The number of carboxylic acid groups (broad SMARTS) is 2. The zero-order chi connectivity index (χ0) is 3.58. The molecule has 0 saturated carbocycles. The molecule has 2 N–H and O–H groups in total. The molecular weight excluding hydrogens is 93.8 g/mol. The van der Waals surface area contributed by atoms with E-state index in [1.165, 1.54) is 0 Å². The second kappa shape index (κ2) is 9.01. The summed E-state index contributed by atoms with van der Waals surface area (Å²) in [5, 5.41) is 13.9. The van der Waals surface area contributed by atoms with Crippen LogP contribution in [-0.4, -0.2) is 54.3 Å². The van der Waals surface area contributed by atoms with Gasteiger partial charge in [0.15, 0.2) is 0 Å². The molecule has 32 valence electrons. The Morgan fingerprint density at radius 2 is 1.33 bits per heavy atom. The molecular formula is CH6BNaO3. The van der Waals surface area contributed by atoms with E-state index in [1.54, 1.807) is 0 Å². The predicted octanol–water partition coefficient (Wildman–Crippen LogP) is -1.61. The molecule has 0 fully saturated rings. The van der Waals surface area contributed by atoms with Crippen molar-refractivity contribution in [1.82, 2.24) is 0 Å². The molecule has 0 heterocycles. The Hall–Kier alpha value is 0.335. The fourth-order valence-electron chi connectivity index (χ4n) is 0. The maximum atomic E-state index is 8.56. The van der Waals surface area contributed by atoms with E-state index in [0.29, 0.717) is 0 Å². The van der Waals surface area contributed by atoms with Crippen LogP contribution >= 0.6 is 0 Å². The van der Waals surface area contributed by atoms with Crippen LogP contribution in [0.25, 0.3) is 0 Å². The van der Waals surface area contributed by atoms with Crippen LogP contribution in [0.4, 0.5) is 4.79 Å². The summed E-state index contributed by atoms with van der Waals surface area (Å²) in [7, 11) is 0. The van der Waals surface area contributed by atoms with Crippen molar-refractivity contribution in [3.8, 4) is 0 Å². The van der Waals surface area contributed by atoms with E-state index < -0.39 is 6.16 Å². The second-order valence-electron chi connectivity index (χ2n) is 0.283. The van der Waals surface area contributed by atoms with Crippen LogP contribution in [0, 0.1) is 0 Å². The molecule has 0 amide bonds. The topological polar surface area (TPSA) is 57.5 Å². The molecule has 0 aliphatic carbocycles. The van der Waals surface area contributed by atoms with E-state index in [4.69, 9.17) is 15.0 Å². The third-order valence-electron chi connectivity index (χ3n) is 0. The quantitative estimate of drug-likeness (QED) is 0.360. The molecule has 5 heteroatoms. The van der Waals surface area contributed by atoms with Crippen LogP contribution in [0.2, 0.25) is 0 Å². The molecule has 0 spiro atoms. The molecule has 0 aliphatic rings. The molecule has 0 rings (SSSR count). The van der Waals surface area contributed by atoms with Gasteiger partial charge in [-0.05, 0) is 0 Å². The normalized spacial score (nSPS) is 4.00. The van der Waals surface area contributed by atoms with Crippen LogP contribution in [0.5, 0.6) is 0 Å². The third-order valence-corrected chi connectivity index (χ3v) is 0. The van der Waals surface area contributed by atoms with Crippen LogP contribution in [0.3, 0.4) is 0 Å².